The first-order chi connectivity index (χ1) is 12.0. The highest BCUT2D eigenvalue weighted by Gasteiger charge is 2.32. The van der Waals surface area contributed by atoms with Gasteiger partial charge in [-0.05, 0) is 42.1 Å². The number of amides is 1. The molecule has 1 fully saturated rings. The van der Waals surface area contributed by atoms with Crippen molar-refractivity contribution in [2.45, 2.75) is 6.61 Å². The normalized spacial score (nSPS) is 16.0. The molecule has 0 unspecified atom stereocenters. The maximum atomic E-state index is 13.6. The van der Waals surface area contributed by atoms with Crippen molar-refractivity contribution in [2.24, 2.45) is 0 Å². The van der Waals surface area contributed by atoms with Crippen LogP contribution in [0.25, 0.3) is 6.08 Å². The number of nitrogens with zero attached hydrogens (tertiary/aromatic N) is 2. The highest BCUT2D eigenvalue weighted by atomic mass is 32.1. The number of hydrogen-bond donors (Lipinski definition) is 0. The Bertz CT molecular complexity index is 849. The zero-order valence-corrected chi connectivity index (χ0v) is 14.7. The van der Waals surface area contributed by atoms with Crippen LogP contribution in [0, 0.1) is 5.82 Å². The van der Waals surface area contributed by atoms with Crippen LogP contribution < -0.4 is 4.74 Å². The molecule has 0 spiro atoms. The van der Waals surface area contributed by atoms with Crippen LogP contribution in [0.4, 0.5) is 4.39 Å². The van der Waals surface area contributed by atoms with Gasteiger partial charge in [0.2, 0.25) is 0 Å². The Balaban J connectivity index is 1.71. The lowest BCUT2D eigenvalue weighted by atomic mass is 10.1. The number of thiocarbonyl (C=S) groups is 1. The van der Waals surface area contributed by atoms with Crippen LogP contribution in [-0.4, -0.2) is 34.9 Å². The van der Waals surface area contributed by atoms with E-state index in [-0.39, 0.29) is 18.3 Å². The fourth-order valence-electron chi connectivity index (χ4n) is 2.48. The lowest BCUT2D eigenvalue weighted by Gasteiger charge is -2.11. The Morgan fingerprint density at radius 1 is 1.08 bits per heavy atom. The first-order valence-electron chi connectivity index (χ1n) is 7.71. The van der Waals surface area contributed by atoms with Crippen molar-refractivity contribution in [1.29, 1.82) is 0 Å². The highest BCUT2D eigenvalue weighted by Crippen LogP contribution is 2.22. The Morgan fingerprint density at radius 2 is 1.76 bits per heavy atom. The van der Waals surface area contributed by atoms with Gasteiger partial charge < -0.3 is 9.64 Å². The number of ether oxygens (including phenoxy) is 1. The molecule has 1 heterocycles. The first kappa shape index (κ1) is 17.1. The molecule has 0 saturated carbocycles. The van der Waals surface area contributed by atoms with Gasteiger partial charge in [-0.2, -0.15) is 0 Å². The molecule has 0 N–H and O–H groups in total. The lowest BCUT2D eigenvalue weighted by molar-refractivity contribution is -0.121. The summed E-state index contributed by atoms with van der Waals surface area (Å²) in [5.74, 6) is 0.211. The standard InChI is InChI=1S/C19H17FN2O2S/c1-21-17(18(23)22(2)19(21)25)11-13-7-9-15(10-8-13)24-12-14-5-3-4-6-16(14)20/h3-11H,12H2,1-2H3. The molecule has 1 aliphatic heterocycles. The summed E-state index contributed by atoms with van der Waals surface area (Å²) in [5.41, 5.74) is 1.88. The number of carbonyl (C=O) groups is 1. The predicted molar refractivity (Wildman–Crippen MR) is 98.3 cm³/mol. The van der Waals surface area contributed by atoms with Crippen LogP contribution >= 0.6 is 12.2 Å². The Labute approximate surface area is 151 Å². The van der Waals surface area contributed by atoms with E-state index in [9.17, 15) is 9.18 Å². The summed E-state index contributed by atoms with van der Waals surface area (Å²) in [4.78, 5) is 15.3. The summed E-state index contributed by atoms with van der Waals surface area (Å²) in [5, 5.41) is 0.473. The SMILES string of the molecule is CN1C(=O)C(=Cc2ccc(OCc3ccccc3F)cc2)N(C)C1=S. The van der Waals surface area contributed by atoms with E-state index in [1.54, 1.807) is 55.4 Å². The minimum Gasteiger partial charge on any atom is -0.489 e. The van der Waals surface area contributed by atoms with E-state index >= 15 is 0 Å². The van der Waals surface area contributed by atoms with E-state index in [2.05, 4.69) is 0 Å². The maximum Gasteiger partial charge on any atom is 0.276 e. The smallest absolute Gasteiger partial charge is 0.276 e. The lowest BCUT2D eigenvalue weighted by Crippen LogP contribution is -2.26. The zero-order chi connectivity index (χ0) is 18.0. The summed E-state index contributed by atoms with van der Waals surface area (Å²) >= 11 is 5.19. The second-order valence-electron chi connectivity index (χ2n) is 5.68. The Kier molecular flexibility index (Phi) is 4.81. The summed E-state index contributed by atoms with van der Waals surface area (Å²) in [6.45, 7) is 0.160. The molecule has 25 heavy (non-hydrogen) atoms. The average molecular weight is 356 g/mol. The number of rotatable bonds is 4. The average Bonchev–Trinajstić information content (AvgIpc) is 2.80. The topological polar surface area (TPSA) is 32.8 Å². The molecule has 0 radical (unpaired) electrons. The van der Waals surface area contributed by atoms with Crippen molar-refractivity contribution >= 4 is 29.3 Å². The van der Waals surface area contributed by atoms with Crippen molar-refractivity contribution in [2.75, 3.05) is 14.1 Å². The molecule has 3 rings (SSSR count). The molecule has 0 aromatic heterocycles. The van der Waals surface area contributed by atoms with E-state index in [0.717, 1.165) is 5.56 Å². The van der Waals surface area contributed by atoms with Gasteiger partial charge in [-0.1, -0.05) is 30.3 Å². The third-order valence-electron chi connectivity index (χ3n) is 3.99. The van der Waals surface area contributed by atoms with Gasteiger partial charge in [-0.15, -0.1) is 0 Å². The Hall–Kier alpha value is -2.73. The summed E-state index contributed by atoms with van der Waals surface area (Å²) in [6.07, 6.45) is 1.78. The second kappa shape index (κ2) is 7.03. The van der Waals surface area contributed by atoms with Gasteiger partial charge in [-0.3, -0.25) is 9.69 Å². The molecule has 0 atom stereocenters. The van der Waals surface area contributed by atoms with Gasteiger partial charge in [0.05, 0.1) is 0 Å². The molecular formula is C19H17FN2O2S. The number of carbonyl (C=O) groups excluding carboxylic acids is 1. The molecule has 0 aliphatic carbocycles. The monoisotopic (exact) mass is 356 g/mol. The zero-order valence-electron chi connectivity index (χ0n) is 13.9. The molecule has 6 heteroatoms. The fraction of sp³-hybridized carbons (Fsp3) is 0.158. The molecular weight excluding hydrogens is 339 g/mol. The summed E-state index contributed by atoms with van der Waals surface area (Å²) in [7, 11) is 3.42. The number of likely N-dealkylation sites (N-methyl/N-ethyl adjacent to an activating group) is 2. The molecule has 128 valence electrons. The van der Waals surface area contributed by atoms with E-state index in [4.69, 9.17) is 17.0 Å². The van der Waals surface area contributed by atoms with Crippen molar-refractivity contribution in [1.82, 2.24) is 9.80 Å². The third kappa shape index (κ3) is 3.53. The highest BCUT2D eigenvalue weighted by molar-refractivity contribution is 7.80. The van der Waals surface area contributed by atoms with Gasteiger partial charge in [0.25, 0.3) is 5.91 Å². The molecule has 2 aromatic carbocycles. The van der Waals surface area contributed by atoms with Crippen LogP contribution in [0.1, 0.15) is 11.1 Å². The Morgan fingerprint density at radius 3 is 2.36 bits per heavy atom. The van der Waals surface area contributed by atoms with E-state index < -0.39 is 0 Å². The largest absolute Gasteiger partial charge is 0.489 e. The molecule has 0 bridgehead atoms. The molecule has 1 saturated heterocycles. The van der Waals surface area contributed by atoms with Crippen molar-refractivity contribution in [3.63, 3.8) is 0 Å². The number of benzene rings is 2. The maximum absolute atomic E-state index is 13.6. The fourth-order valence-corrected chi connectivity index (χ4v) is 2.66. The van der Waals surface area contributed by atoms with Crippen LogP contribution in [0.3, 0.4) is 0 Å². The minimum atomic E-state index is -0.285. The van der Waals surface area contributed by atoms with Crippen molar-refractivity contribution < 1.29 is 13.9 Å². The first-order valence-corrected chi connectivity index (χ1v) is 8.12. The summed E-state index contributed by atoms with van der Waals surface area (Å²) < 4.78 is 19.2. The van der Waals surface area contributed by atoms with Crippen molar-refractivity contribution in [3.8, 4) is 5.75 Å². The van der Waals surface area contributed by atoms with Gasteiger partial charge in [0, 0.05) is 19.7 Å². The van der Waals surface area contributed by atoms with Gasteiger partial charge in [0.15, 0.2) is 5.11 Å². The number of halogens is 1. The van der Waals surface area contributed by atoms with Crippen molar-refractivity contribution in [3.05, 3.63) is 71.2 Å². The molecule has 1 aliphatic rings. The van der Waals surface area contributed by atoms with E-state index in [0.29, 0.717) is 22.1 Å². The van der Waals surface area contributed by atoms with Crippen LogP contribution in [0.15, 0.2) is 54.2 Å². The third-order valence-corrected chi connectivity index (χ3v) is 4.54. The van der Waals surface area contributed by atoms with Crippen LogP contribution in [0.5, 0.6) is 5.75 Å². The second-order valence-corrected chi connectivity index (χ2v) is 6.05. The van der Waals surface area contributed by atoms with Crippen LogP contribution in [-0.2, 0) is 11.4 Å². The predicted octanol–water partition coefficient (Wildman–Crippen LogP) is 3.43. The molecule has 4 nitrogen and oxygen atoms in total. The molecule has 1 amide bonds. The van der Waals surface area contributed by atoms with Gasteiger partial charge in [0.1, 0.15) is 23.9 Å². The minimum absolute atomic E-state index is 0.132. The van der Waals surface area contributed by atoms with E-state index in [1.165, 1.54) is 11.0 Å². The van der Waals surface area contributed by atoms with Gasteiger partial charge in [-0.25, -0.2) is 4.39 Å². The summed E-state index contributed by atoms with van der Waals surface area (Å²) in [6, 6.07) is 13.8. The quantitative estimate of drug-likeness (QED) is 0.621. The van der Waals surface area contributed by atoms with Gasteiger partial charge >= 0.3 is 0 Å². The van der Waals surface area contributed by atoms with E-state index in [1.807, 2.05) is 12.1 Å². The molecule has 2 aromatic rings. The number of hydrogen-bond acceptors (Lipinski definition) is 3. The van der Waals surface area contributed by atoms with Crippen LogP contribution in [0.2, 0.25) is 0 Å².